The Morgan fingerprint density at radius 1 is 1.19 bits per heavy atom. The number of benzene rings is 1. The zero-order valence-corrected chi connectivity index (χ0v) is 10.8. The van der Waals surface area contributed by atoms with Crippen molar-refractivity contribution in [3.63, 3.8) is 0 Å². The van der Waals surface area contributed by atoms with Crippen molar-refractivity contribution in [2.24, 2.45) is 11.8 Å². The molecule has 0 amide bonds. The van der Waals surface area contributed by atoms with Gasteiger partial charge in [-0.3, -0.25) is 0 Å². The molecule has 0 heterocycles. The lowest BCUT2D eigenvalue weighted by Gasteiger charge is -2.24. The molecule has 0 fully saturated rings. The molecule has 90 valence electrons. The molecule has 2 heteroatoms. The van der Waals surface area contributed by atoms with Gasteiger partial charge in [0.2, 0.25) is 0 Å². The van der Waals surface area contributed by atoms with Gasteiger partial charge in [0.15, 0.2) is 0 Å². The van der Waals surface area contributed by atoms with Crippen LogP contribution >= 0.6 is 0 Å². The number of hydrogen-bond acceptors (Lipinski definition) is 2. The van der Waals surface area contributed by atoms with E-state index in [-0.39, 0.29) is 5.92 Å². The van der Waals surface area contributed by atoms with Gasteiger partial charge < -0.3 is 9.84 Å². The summed E-state index contributed by atoms with van der Waals surface area (Å²) in [7, 11) is 1.65. The number of hydrogen-bond donors (Lipinski definition) is 1. The molecule has 0 aliphatic carbocycles. The first-order valence-electron chi connectivity index (χ1n) is 5.80. The molecule has 1 aromatic rings. The monoisotopic (exact) mass is 222 g/mol. The zero-order chi connectivity index (χ0) is 12.3. The van der Waals surface area contributed by atoms with Crippen LogP contribution < -0.4 is 4.74 Å². The van der Waals surface area contributed by atoms with E-state index in [1.165, 1.54) is 0 Å². The van der Waals surface area contributed by atoms with Crippen molar-refractivity contribution in [3.05, 3.63) is 29.3 Å². The van der Waals surface area contributed by atoms with E-state index in [1.54, 1.807) is 7.11 Å². The molecule has 0 spiro atoms. The lowest BCUT2D eigenvalue weighted by Crippen LogP contribution is -2.15. The van der Waals surface area contributed by atoms with E-state index in [1.807, 2.05) is 25.1 Å². The summed E-state index contributed by atoms with van der Waals surface area (Å²) in [5, 5.41) is 10.3. The topological polar surface area (TPSA) is 29.5 Å². The third-order valence-corrected chi connectivity index (χ3v) is 3.35. The minimum atomic E-state index is -0.397. The number of rotatable bonds is 4. The highest BCUT2D eigenvalue weighted by Gasteiger charge is 2.20. The summed E-state index contributed by atoms with van der Waals surface area (Å²) in [6, 6.07) is 5.82. The summed E-state index contributed by atoms with van der Waals surface area (Å²) < 4.78 is 5.16. The molecule has 0 radical (unpaired) electrons. The predicted molar refractivity (Wildman–Crippen MR) is 66.7 cm³/mol. The van der Waals surface area contributed by atoms with E-state index in [2.05, 4.69) is 20.8 Å². The standard InChI is InChI=1S/C14H22O2/c1-9(2)11(4)14(15)13-7-6-12(16-5)8-10(13)3/h6-9,11,14-15H,1-5H3. The molecular formula is C14H22O2. The fourth-order valence-electron chi connectivity index (χ4n) is 1.75. The van der Waals surface area contributed by atoms with Crippen LogP contribution in [0.25, 0.3) is 0 Å². The molecule has 1 aromatic carbocycles. The van der Waals surface area contributed by atoms with E-state index in [9.17, 15) is 5.11 Å². The van der Waals surface area contributed by atoms with Crippen molar-refractivity contribution >= 4 is 0 Å². The van der Waals surface area contributed by atoms with Crippen molar-refractivity contribution in [1.82, 2.24) is 0 Å². The molecule has 16 heavy (non-hydrogen) atoms. The molecule has 0 saturated heterocycles. The van der Waals surface area contributed by atoms with Crippen LogP contribution in [0.5, 0.6) is 5.75 Å². The molecule has 0 aliphatic heterocycles. The molecule has 1 N–H and O–H groups in total. The molecular weight excluding hydrogens is 200 g/mol. The summed E-state index contributed by atoms with van der Waals surface area (Å²) in [5.41, 5.74) is 2.08. The normalized spacial score (nSPS) is 14.9. The van der Waals surface area contributed by atoms with Crippen molar-refractivity contribution in [1.29, 1.82) is 0 Å². The van der Waals surface area contributed by atoms with Gasteiger partial charge in [0.05, 0.1) is 13.2 Å². The quantitative estimate of drug-likeness (QED) is 0.846. The maximum atomic E-state index is 10.3. The van der Waals surface area contributed by atoms with Crippen LogP contribution in [0.3, 0.4) is 0 Å². The molecule has 2 nitrogen and oxygen atoms in total. The van der Waals surface area contributed by atoms with Gasteiger partial charge in [0.25, 0.3) is 0 Å². The van der Waals surface area contributed by atoms with Crippen LogP contribution in [0.1, 0.15) is 38.0 Å². The maximum absolute atomic E-state index is 10.3. The Bertz CT molecular complexity index is 345. The first-order valence-corrected chi connectivity index (χ1v) is 5.80. The SMILES string of the molecule is COc1ccc(C(O)C(C)C(C)C)c(C)c1. The Hall–Kier alpha value is -1.02. The van der Waals surface area contributed by atoms with Crippen LogP contribution in [-0.4, -0.2) is 12.2 Å². The third kappa shape index (κ3) is 2.76. The first-order chi connectivity index (χ1) is 7.47. The second kappa shape index (κ2) is 5.35. The van der Waals surface area contributed by atoms with Gasteiger partial charge in [-0.2, -0.15) is 0 Å². The van der Waals surface area contributed by atoms with Gasteiger partial charge in [0, 0.05) is 0 Å². The van der Waals surface area contributed by atoms with Gasteiger partial charge in [0.1, 0.15) is 5.75 Å². The Morgan fingerprint density at radius 2 is 1.81 bits per heavy atom. The Morgan fingerprint density at radius 3 is 2.25 bits per heavy atom. The average Bonchev–Trinajstić information content (AvgIpc) is 2.26. The molecule has 1 rings (SSSR count). The summed E-state index contributed by atoms with van der Waals surface area (Å²) in [6.07, 6.45) is -0.397. The van der Waals surface area contributed by atoms with Crippen molar-refractivity contribution < 1.29 is 9.84 Å². The largest absolute Gasteiger partial charge is 0.497 e. The summed E-state index contributed by atoms with van der Waals surface area (Å²) in [6.45, 7) is 8.35. The molecule has 0 aromatic heterocycles. The highest BCUT2D eigenvalue weighted by atomic mass is 16.5. The highest BCUT2D eigenvalue weighted by Crippen LogP contribution is 2.31. The van der Waals surface area contributed by atoms with E-state index >= 15 is 0 Å². The van der Waals surface area contributed by atoms with Crippen molar-refractivity contribution in [2.45, 2.75) is 33.8 Å². The van der Waals surface area contributed by atoms with Gasteiger partial charge in [-0.05, 0) is 42.0 Å². The minimum Gasteiger partial charge on any atom is -0.497 e. The Labute approximate surface area is 98.3 Å². The lowest BCUT2D eigenvalue weighted by atomic mass is 9.86. The molecule has 0 bridgehead atoms. The number of ether oxygens (including phenoxy) is 1. The van der Waals surface area contributed by atoms with Gasteiger partial charge >= 0.3 is 0 Å². The average molecular weight is 222 g/mol. The third-order valence-electron chi connectivity index (χ3n) is 3.35. The second-order valence-corrected chi connectivity index (χ2v) is 4.77. The van der Waals surface area contributed by atoms with Gasteiger partial charge in [-0.25, -0.2) is 0 Å². The van der Waals surface area contributed by atoms with E-state index < -0.39 is 6.10 Å². The first kappa shape index (κ1) is 13.0. The Balaban J connectivity index is 2.96. The maximum Gasteiger partial charge on any atom is 0.119 e. The van der Waals surface area contributed by atoms with Gasteiger partial charge in [-0.1, -0.05) is 26.8 Å². The molecule has 0 saturated carbocycles. The fraction of sp³-hybridized carbons (Fsp3) is 0.571. The Kier molecular flexibility index (Phi) is 4.36. The van der Waals surface area contributed by atoms with E-state index in [0.29, 0.717) is 5.92 Å². The van der Waals surface area contributed by atoms with Crippen LogP contribution in [0.2, 0.25) is 0 Å². The van der Waals surface area contributed by atoms with Gasteiger partial charge in [-0.15, -0.1) is 0 Å². The second-order valence-electron chi connectivity index (χ2n) is 4.77. The zero-order valence-electron chi connectivity index (χ0n) is 10.8. The van der Waals surface area contributed by atoms with Crippen LogP contribution in [0.4, 0.5) is 0 Å². The lowest BCUT2D eigenvalue weighted by molar-refractivity contribution is 0.0915. The van der Waals surface area contributed by atoms with Crippen LogP contribution in [0.15, 0.2) is 18.2 Å². The minimum absolute atomic E-state index is 0.257. The molecule has 2 atom stereocenters. The number of aliphatic hydroxyl groups excluding tert-OH is 1. The fourth-order valence-corrected chi connectivity index (χ4v) is 1.75. The van der Waals surface area contributed by atoms with Crippen LogP contribution in [0, 0.1) is 18.8 Å². The number of aliphatic hydroxyl groups is 1. The number of methoxy groups -OCH3 is 1. The molecule has 2 unspecified atom stereocenters. The highest BCUT2D eigenvalue weighted by molar-refractivity contribution is 5.36. The summed E-state index contributed by atoms with van der Waals surface area (Å²) >= 11 is 0. The summed E-state index contributed by atoms with van der Waals surface area (Å²) in [5.74, 6) is 1.56. The van der Waals surface area contributed by atoms with E-state index in [4.69, 9.17) is 4.74 Å². The van der Waals surface area contributed by atoms with Crippen LogP contribution in [-0.2, 0) is 0 Å². The predicted octanol–water partition coefficient (Wildman–Crippen LogP) is 3.33. The number of aryl methyl sites for hydroxylation is 1. The summed E-state index contributed by atoms with van der Waals surface area (Å²) in [4.78, 5) is 0. The van der Waals surface area contributed by atoms with Crippen molar-refractivity contribution in [3.8, 4) is 5.75 Å². The molecule has 0 aliphatic rings. The smallest absolute Gasteiger partial charge is 0.119 e. The van der Waals surface area contributed by atoms with Crippen molar-refractivity contribution in [2.75, 3.05) is 7.11 Å². The van der Waals surface area contributed by atoms with E-state index in [0.717, 1.165) is 16.9 Å².